The van der Waals surface area contributed by atoms with Gasteiger partial charge in [0.15, 0.2) is 9.84 Å². The fraction of sp³-hybridized carbons (Fsp3) is 0.538. The lowest BCUT2D eigenvalue weighted by Crippen LogP contribution is -2.19. The molecule has 0 spiro atoms. The Kier molecular flexibility index (Phi) is 3.92. The summed E-state index contributed by atoms with van der Waals surface area (Å²) in [5.74, 6) is 0.687. The fourth-order valence-electron chi connectivity index (χ4n) is 2.49. The van der Waals surface area contributed by atoms with Crippen molar-refractivity contribution >= 4 is 9.84 Å². The van der Waals surface area contributed by atoms with Crippen LogP contribution in [-0.2, 0) is 16.3 Å². The molecule has 5 heteroatoms. The smallest absolute Gasteiger partial charge is 0.181 e. The van der Waals surface area contributed by atoms with Crippen LogP contribution in [0.2, 0.25) is 0 Å². The van der Waals surface area contributed by atoms with Gasteiger partial charge >= 0.3 is 0 Å². The molecule has 0 saturated carbocycles. The lowest BCUT2D eigenvalue weighted by Gasteiger charge is -2.08. The molecule has 1 aliphatic heterocycles. The maximum Gasteiger partial charge on any atom is 0.181 e. The van der Waals surface area contributed by atoms with Gasteiger partial charge in [0.25, 0.3) is 0 Å². The van der Waals surface area contributed by atoms with Gasteiger partial charge < -0.3 is 10.1 Å². The van der Waals surface area contributed by atoms with Crippen molar-refractivity contribution in [2.75, 3.05) is 20.7 Å². The van der Waals surface area contributed by atoms with Crippen molar-refractivity contribution < 1.29 is 13.2 Å². The van der Waals surface area contributed by atoms with Crippen LogP contribution in [0.5, 0.6) is 5.75 Å². The Morgan fingerprint density at radius 2 is 2.22 bits per heavy atom. The first-order valence-electron chi connectivity index (χ1n) is 6.15. The van der Waals surface area contributed by atoms with Crippen molar-refractivity contribution in [1.82, 2.24) is 5.32 Å². The van der Waals surface area contributed by atoms with E-state index < -0.39 is 9.84 Å². The highest BCUT2D eigenvalue weighted by atomic mass is 32.2. The topological polar surface area (TPSA) is 55.4 Å². The van der Waals surface area contributed by atoms with Crippen LogP contribution in [0.1, 0.15) is 18.4 Å². The molecular weight excluding hydrogens is 250 g/mol. The Balaban J connectivity index is 2.27. The van der Waals surface area contributed by atoms with E-state index >= 15 is 0 Å². The summed E-state index contributed by atoms with van der Waals surface area (Å²) in [7, 11) is 0.289. The first kappa shape index (κ1) is 13.4. The molecule has 0 bridgehead atoms. The van der Waals surface area contributed by atoms with E-state index in [1.54, 1.807) is 19.2 Å². The van der Waals surface area contributed by atoms with E-state index in [4.69, 9.17) is 4.74 Å². The van der Waals surface area contributed by atoms with Gasteiger partial charge in [0.1, 0.15) is 5.75 Å². The number of hydrogen-bond acceptors (Lipinski definition) is 4. The minimum atomic E-state index is -3.17. The standard InChI is InChI=1S/C13H19NO3S/c1-14-8-4-5-10-9-11-12(17-2)6-3-7-13(11)18(10,15)16/h3,6-7,10,14H,4-5,8-9H2,1-2H3. The van der Waals surface area contributed by atoms with Gasteiger partial charge in [-0.15, -0.1) is 0 Å². The molecule has 1 N–H and O–H groups in total. The maximum absolute atomic E-state index is 12.4. The average Bonchev–Trinajstić information content (AvgIpc) is 2.62. The molecule has 4 nitrogen and oxygen atoms in total. The third-order valence-electron chi connectivity index (χ3n) is 3.44. The van der Waals surface area contributed by atoms with Gasteiger partial charge in [-0.2, -0.15) is 0 Å². The molecule has 0 aliphatic carbocycles. The van der Waals surface area contributed by atoms with Crippen LogP contribution in [0.25, 0.3) is 0 Å². The number of benzene rings is 1. The summed E-state index contributed by atoms with van der Waals surface area (Å²) in [6, 6.07) is 5.25. The van der Waals surface area contributed by atoms with Gasteiger partial charge in [0.2, 0.25) is 0 Å². The van der Waals surface area contributed by atoms with Crippen LogP contribution in [0, 0.1) is 0 Å². The van der Waals surface area contributed by atoms with Crippen LogP contribution in [0.3, 0.4) is 0 Å². The quantitative estimate of drug-likeness (QED) is 0.821. The molecule has 1 aliphatic rings. The van der Waals surface area contributed by atoms with E-state index in [0.29, 0.717) is 23.5 Å². The van der Waals surface area contributed by atoms with Gasteiger partial charge in [-0.25, -0.2) is 8.42 Å². The van der Waals surface area contributed by atoms with E-state index in [-0.39, 0.29) is 5.25 Å². The number of sulfone groups is 1. The lowest BCUT2D eigenvalue weighted by molar-refractivity contribution is 0.408. The Hall–Kier alpha value is -1.07. The predicted octanol–water partition coefficient (Wildman–Crippen LogP) is 1.39. The summed E-state index contributed by atoms with van der Waals surface area (Å²) in [4.78, 5) is 0.455. The largest absolute Gasteiger partial charge is 0.496 e. The number of rotatable bonds is 5. The van der Waals surface area contributed by atoms with Crippen molar-refractivity contribution in [3.8, 4) is 5.75 Å². The van der Waals surface area contributed by atoms with E-state index in [9.17, 15) is 8.42 Å². The van der Waals surface area contributed by atoms with E-state index in [1.807, 2.05) is 13.1 Å². The molecule has 100 valence electrons. The fourth-order valence-corrected chi connectivity index (χ4v) is 4.50. The summed E-state index contributed by atoms with van der Waals surface area (Å²) in [5, 5.41) is 2.75. The van der Waals surface area contributed by atoms with Crippen LogP contribution in [0.4, 0.5) is 0 Å². The van der Waals surface area contributed by atoms with Crippen LogP contribution < -0.4 is 10.1 Å². The first-order valence-corrected chi connectivity index (χ1v) is 7.70. The van der Waals surface area contributed by atoms with E-state index in [2.05, 4.69) is 5.32 Å². The monoisotopic (exact) mass is 269 g/mol. The normalized spacial score (nSPS) is 20.7. The maximum atomic E-state index is 12.4. The summed E-state index contributed by atoms with van der Waals surface area (Å²) in [5.41, 5.74) is 0.842. The van der Waals surface area contributed by atoms with Crippen LogP contribution in [-0.4, -0.2) is 34.4 Å². The number of hydrogen-bond donors (Lipinski definition) is 1. The van der Waals surface area contributed by atoms with Crippen LogP contribution in [0.15, 0.2) is 23.1 Å². The summed E-state index contributed by atoms with van der Waals surface area (Å²) in [6.45, 7) is 0.847. The molecule has 1 heterocycles. The molecule has 1 atom stereocenters. The molecule has 2 rings (SSSR count). The lowest BCUT2D eigenvalue weighted by atomic mass is 10.1. The molecule has 0 saturated heterocycles. The molecule has 1 unspecified atom stereocenters. The van der Waals surface area contributed by atoms with Gasteiger partial charge in [-0.05, 0) is 45.0 Å². The summed E-state index contributed by atoms with van der Waals surface area (Å²) < 4.78 is 30.0. The number of fused-ring (bicyclic) bond motifs is 1. The SMILES string of the molecule is CNCCCC1Cc2c(OC)cccc2S1(=O)=O. The Labute approximate surface area is 108 Å². The van der Waals surface area contributed by atoms with Gasteiger partial charge in [-0.3, -0.25) is 0 Å². The zero-order chi connectivity index (χ0) is 13.2. The Morgan fingerprint density at radius 1 is 1.44 bits per heavy atom. The molecule has 0 aromatic heterocycles. The highest BCUT2D eigenvalue weighted by Crippen LogP contribution is 2.38. The summed E-state index contributed by atoms with van der Waals surface area (Å²) >= 11 is 0. The second-order valence-electron chi connectivity index (χ2n) is 4.55. The third-order valence-corrected chi connectivity index (χ3v) is 5.72. The number of methoxy groups -OCH3 is 1. The Morgan fingerprint density at radius 3 is 2.89 bits per heavy atom. The second-order valence-corrected chi connectivity index (χ2v) is 6.75. The van der Waals surface area contributed by atoms with E-state index in [1.165, 1.54) is 0 Å². The third kappa shape index (κ3) is 2.24. The first-order chi connectivity index (χ1) is 8.61. The average molecular weight is 269 g/mol. The Bertz CT molecular complexity index is 525. The molecule has 0 amide bonds. The highest BCUT2D eigenvalue weighted by molar-refractivity contribution is 7.92. The van der Waals surface area contributed by atoms with Crippen molar-refractivity contribution in [2.45, 2.75) is 29.4 Å². The number of nitrogens with one attached hydrogen (secondary N) is 1. The van der Waals surface area contributed by atoms with Crippen LogP contribution >= 0.6 is 0 Å². The van der Waals surface area contributed by atoms with E-state index in [0.717, 1.165) is 18.5 Å². The van der Waals surface area contributed by atoms with Crippen molar-refractivity contribution in [1.29, 1.82) is 0 Å². The zero-order valence-corrected chi connectivity index (χ0v) is 11.6. The van der Waals surface area contributed by atoms with Crippen molar-refractivity contribution in [3.05, 3.63) is 23.8 Å². The zero-order valence-electron chi connectivity index (χ0n) is 10.8. The predicted molar refractivity (Wildman–Crippen MR) is 70.8 cm³/mol. The van der Waals surface area contributed by atoms with Gasteiger partial charge in [0, 0.05) is 5.56 Å². The molecule has 1 aromatic rings. The second kappa shape index (κ2) is 5.28. The minimum Gasteiger partial charge on any atom is -0.496 e. The van der Waals surface area contributed by atoms with Crippen molar-refractivity contribution in [2.24, 2.45) is 0 Å². The summed E-state index contributed by atoms with van der Waals surface area (Å²) in [6.07, 6.45) is 2.14. The number of ether oxygens (including phenoxy) is 1. The van der Waals surface area contributed by atoms with Crippen molar-refractivity contribution in [3.63, 3.8) is 0 Å². The molecule has 18 heavy (non-hydrogen) atoms. The molecule has 0 fully saturated rings. The highest BCUT2D eigenvalue weighted by Gasteiger charge is 2.37. The minimum absolute atomic E-state index is 0.294. The molecule has 0 radical (unpaired) electrons. The molecular formula is C13H19NO3S. The van der Waals surface area contributed by atoms with Gasteiger partial charge in [0.05, 0.1) is 17.3 Å². The van der Waals surface area contributed by atoms with Gasteiger partial charge in [-0.1, -0.05) is 6.07 Å². The molecule has 1 aromatic carbocycles.